The fourth-order valence-electron chi connectivity index (χ4n) is 1.45. The second-order valence-electron chi connectivity index (χ2n) is 3.85. The van der Waals surface area contributed by atoms with Crippen LogP contribution in [0, 0.1) is 0 Å². The molecule has 0 fully saturated rings. The van der Waals surface area contributed by atoms with Crippen LogP contribution < -0.4 is 10.6 Å². The largest absolute Gasteiger partial charge is 0.389 e. The van der Waals surface area contributed by atoms with Crippen molar-refractivity contribution in [2.45, 2.75) is 25.6 Å². The fraction of sp³-hybridized carbons (Fsp3) is 0.417. The average Bonchev–Trinajstić information content (AvgIpc) is 2.29. The molecule has 0 saturated carbocycles. The Hall–Kier alpha value is -1.27. The standard InChI is InChI=1S/C12H15F3N2O.ClH/c1-16-8-9-4-2-3-5-10(9)17-11(18)6-7-12(13,14)15;/h2-5,16H,6-8H2,1H3,(H,17,18);1H. The van der Waals surface area contributed by atoms with Crippen LogP contribution in [0.1, 0.15) is 18.4 Å². The van der Waals surface area contributed by atoms with Crippen molar-refractivity contribution < 1.29 is 18.0 Å². The molecule has 0 unspecified atom stereocenters. The van der Waals surface area contributed by atoms with Gasteiger partial charge in [-0.05, 0) is 18.7 Å². The summed E-state index contributed by atoms with van der Waals surface area (Å²) in [5.41, 5.74) is 1.37. The molecule has 0 spiro atoms. The van der Waals surface area contributed by atoms with E-state index in [4.69, 9.17) is 0 Å². The lowest BCUT2D eigenvalue weighted by Gasteiger charge is -2.11. The third kappa shape index (κ3) is 7.03. The van der Waals surface area contributed by atoms with E-state index in [1.165, 1.54) is 0 Å². The van der Waals surface area contributed by atoms with Crippen molar-refractivity contribution in [2.24, 2.45) is 0 Å². The van der Waals surface area contributed by atoms with E-state index in [-0.39, 0.29) is 12.4 Å². The molecule has 3 nitrogen and oxygen atoms in total. The number of hydrogen-bond donors (Lipinski definition) is 2. The Balaban J connectivity index is 0.00000324. The Morgan fingerprint density at radius 2 is 1.89 bits per heavy atom. The average molecular weight is 297 g/mol. The molecule has 0 aromatic heterocycles. The number of carbonyl (C=O) groups excluding carboxylic acids is 1. The van der Waals surface area contributed by atoms with Crippen LogP contribution >= 0.6 is 12.4 Å². The minimum atomic E-state index is -4.30. The van der Waals surface area contributed by atoms with Crippen molar-refractivity contribution >= 4 is 24.0 Å². The van der Waals surface area contributed by atoms with E-state index < -0.39 is 24.9 Å². The Labute approximate surface area is 116 Å². The van der Waals surface area contributed by atoms with Gasteiger partial charge in [-0.15, -0.1) is 12.4 Å². The van der Waals surface area contributed by atoms with E-state index >= 15 is 0 Å². The first-order chi connectivity index (χ1) is 8.42. The van der Waals surface area contributed by atoms with Gasteiger partial charge in [0.15, 0.2) is 0 Å². The zero-order valence-electron chi connectivity index (χ0n) is 10.4. The van der Waals surface area contributed by atoms with Crippen LogP contribution in [0.25, 0.3) is 0 Å². The highest BCUT2D eigenvalue weighted by Crippen LogP contribution is 2.22. The quantitative estimate of drug-likeness (QED) is 0.876. The van der Waals surface area contributed by atoms with E-state index in [0.717, 1.165) is 5.56 Å². The molecule has 2 N–H and O–H groups in total. The third-order valence-electron chi connectivity index (χ3n) is 2.29. The highest BCUT2D eigenvalue weighted by atomic mass is 35.5. The Morgan fingerprint density at radius 1 is 1.26 bits per heavy atom. The van der Waals surface area contributed by atoms with Gasteiger partial charge in [0.05, 0.1) is 6.42 Å². The molecule has 19 heavy (non-hydrogen) atoms. The van der Waals surface area contributed by atoms with Gasteiger partial charge in [-0.3, -0.25) is 4.79 Å². The molecule has 0 bridgehead atoms. The van der Waals surface area contributed by atoms with Gasteiger partial charge in [0.2, 0.25) is 5.91 Å². The molecular formula is C12H16ClF3N2O. The first kappa shape index (κ1) is 17.7. The second kappa shape index (κ2) is 8.01. The summed E-state index contributed by atoms with van der Waals surface area (Å²) in [4.78, 5) is 11.4. The molecule has 108 valence electrons. The number of hydrogen-bond acceptors (Lipinski definition) is 2. The van der Waals surface area contributed by atoms with Crippen molar-refractivity contribution in [3.8, 4) is 0 Å². The number of anilines is 1. The molecule has 1 rings (SSSR count). The predicted octanol–water partition coefficient (Wildman–Crippen LogP) is 3.11. The fourth-order valence-corrected chi connectivity index (χ4v) is 1.45. The summed E-state index contributed by atoms with van der Waals surface area (Å²) >= 11 is 0. The topological polar surface area (TPSA) is 41.1 Å². The minimum absolute atomic E-state index is 0. The number of para-hydroxylation sites is 1. The number of halogens is 4. The molecule has 7 heteroatoms. The first-order valence-corrected chi connectivity index (χ1v) is 5.51. The third-order valence-corrected chi connectivity index (χ3v) is 2.29. The van der Waals surface area contributed by atoms with Crippen molar-refractivity contribution in [1.29, 1.82) is 0 Å². The highest BCUT2D eigenvalue weighted by molar-refractivity contribution is 5.91. The molecule has 0 aliphatic heterocycles. The van der Waals surface area contributed by atoms with Crippen molar-refractivity contribution in [3.63, 3.8) is 0 Å². The summed E-state index contributed by atoms with van der Waals surface area (Å²) in [6.07, 6.45) is -5.97. The molecule has 1 amide bonds. The maximum Gasteiger partial charge on any atom is 0.389 e. The number of benzene rings is 1. The van der Waals surface area contributed by atoms with Crippen molar-refractivity contribution in [3.05, 3.63) is 29.8 Å². The summed E-state index contributed by atoms with van der Waals surface area (Å²) in [5, 5.41) is 5.41. The van der Waals surface area contributed by atoms with E-state index in [2.05, 4.69) is 10.6 Å². The van der Waals surface area contributed by atoms with Gasteiger partial charge in [0.1, 0.15) is 0 Å². The van der Waals surface area contributed by atoms with Crippen LogP contribution in [0.5, 0.6) is 0 Å². The van der Waals surface area contributed by atoms with E-state index in [1.54, 1.807) is 31.3 Å². The van der Waals surface area contributed by atoms with E-state index in [9.17, 15) is 18.0 Å². The van der Waals surface area contributed by atoms with Gasteiger partial charge in [0, 0.05) is 18.7 Å². The molecule has 1 aromatic rings. The normalized spacial score (nSPS) is 10.7. The van der Waals surface area contributed by atoms with E-state index in [0.29, 0.717) is 12.2 Å². The van der Waals surface area contributed by atoms with Crippen molar-refractivity contribution in [1.82, 2.24) is 5.32 Å². The number of nitrogens with one attached hydrogen (secondary N) is 2. The van der Waals surface area contributed by atoms with Gasteiger partial charge < -0.3 is 10.6 Å². The molecule has 0 heterocycles. The number of amides is 1. The Kier molecular flexibility index (Phi) is 7.48. The van der Waals surface area contributed by atoms with Gasteiger partial charge in [-0.1, -0.05) is 18.2 Å². The van der Waals surface area contributed by atoms with Crippen LogP contribution in [0.4, 0.5) is 18.9 Å². The van der Waals surface area contributed by atoms with Gasteiger partial charge in [-0.2, -0.15) is 13.2 Å². The minimum Gasteiger partial charge on any atom is -0.326 e. The van der Waals surface area contributed by atoms with E-state index in [1.807, 2.05) is 0 Å². The molecule has 1 aromatic carbocycles. The van der Waals surface area contributed by atoms with Crippen LogP contribution in [-0.4, -0.2) is 19.1 Å². The Morgan fingerprint density at radius 3 is 2.47 bits per heavy atom. The van der Waals surface area contributed by atoms with Gasteiger partial charge in [-0.25, -0.2) is 0 Å². The monoisotopic (exact) mass is 296 g/mol. The number of carbonyl (C=O) groups is 1. The zero-order valence-corrected chi connectivity index (χ0v) is 11.2. The lowest BCUT2D eigenvalue weighted by molar-refractivity contribution is -0.142. The van der Waals surface area contributed by atoms with Crippen LogP contribution in [0.3, 0.4) is 0 Å². The SMILES string of the molecule is CNCc1ccccc1NC(=O)CCC(F)(F)F.Cl. The first-order valence-electron chi connectivity index (χ1n) is 5.51. The lowest BCUT2D eigenvalue weighted by Crippen LogP contribution is -2.18. The maximum atomic E-state index is 12.0. The molecular weight excluding hydrogens is 281 g/mol. The predicted molar refractivity (Wildman–Crippen MR) is 70.4 cm³/mol. The molecule has 0 saturated heterocycles. The molecule has 0 aliphatic carbocycles. The zero-order chi connectivity index (χ0) is 13.6. The van der Waals surface area contributed by atoms with Gasteiger partial charge >= 0.3 is 6.18 Å². The molecule has 0 aliphatic rings. The lowest BCUT2D eigenvalue weighted by atomic mass is 10.1. The van der Waals surface area contributed by atoms with Crippen molar-refractivity contribution in [2.75, 3.05) is 12.4 Å². The smallest absolute Gasteiger partial charge is 0.326 e. The van der Waals surface area contributed by atoms with Crippen LogP contribution in [-0.2, 0) is 11.3 Å². The molecule has 0 radical (unpaired) electrons. The second-order valence-corrected chi connectivity index (χ2v) is 3.85. The Bertz CT molecular complexity index is 410. The number of alkyl halides is 3. The summed E-state index contributed by atoms with van der Waals surface area (Å²) in [6.45, 7) is 0.537. The molecule has 0 atom stereocenters. The van der Waals surface area contributed by atoms with Gasteiger partial charge in [0.25, 0.3) is 0 Å². The number of rotatable bonds is 5. The van der Waals surface area contributed by atoms with Crippen LogP contribution in [0.15, 0.2) is 24.3 Å². The summed E-state index contributed by atoms with van der Waals surface area (Å²) in [6, 6.07) is 6.99. The highest BCUT2D eigenvalue weighted by Gasteiger charge is 2.27. The maximum absolute atomic E-state index is 12.0. The summed E-state index contributed by atoms with van der Waals surface area (Å²) in [7, 11) is 1.75. The summed E-state index contributed by atoms with van der Waals surface area (Å²) in [5.74, 6) is -0.629. The van der Waals surface area contributed by atoms with Crippen LogP contribution in [0.2, 0.25) is 0 Å². The summed E-state index contributed by atoms with van der Waals surface area (Å²) < 4.78 is 35.9.